The van der Waals surface area contributed by atoms with Crippen LogP contribution in [0.4, 0.5) is 0 Å². The topological polar surface area (TPSA) is 172 Å². The minimum atomic E-state index is -4.73. The van der Waals surface area contributed by atoms with Crippen molar-refractivity contribution in [1.82, 2.24) is 0 Å². The van der Waals surface area contributed by atoms with Crippen LogP contribution in [0.25, 0.3) is 0 Å². The molecule has 0 aliphatic rings. The summed E-state index contributed by atoms with van der Waals surface area (Å²) in [5.41, 5.74) is 5.35. The van der Waals surface area contributed by atoms with Crippen molar-refractivity contribution < 1.29 is 47.5 Å². The van der Waals surface area contributed by atoms with Crippen LogP contribution in [0.2, 0.25) is 0 Å². The van der Waals surface area contributed by atoms with Gasteiger partial charge >= 0.3 is 25.7 Å². The van der Waals surface area contributed by atoms with Gasteiger partial charge in [0.15, 0.2) is 6.10 Å². The minimum Gasteiger partial charge on any atom is -0.480 e. The number of aliphatic carboxylic acids is 1. The predicted molar refractivity (Wildman–Crippen MR) is 263 cm³/mol. The highest BCUT2D eigenvalue weighted by Crippen LogP contribution is 2.43. The van der Waals surface area contributed by atoms with Crippen molar-refractivity contribution in [3.05, 3.63) is 60.8 Å². The SMILES string of the molecule is CCCCC/C=C/C/C=C/C/C=C/C/C=C/CCCCCC(=O)O[C@H](COC(=O)CCCCCCCCCCCCC/C=C/CCCCCCCC)COP(=O)(O)OC[C@H](N)C(=O)O. The smallest absolute Gasteiger partial charge is 0.472 e. The van der Waals surface area contributed by atoms with Crippen molar-refractivity contribution in [3.63, 3.8) is 0 Å². The lowest BCUT2D eigenvalue weighted by Gasteiger charge is -2.20. The maximum Gasteiger partial charge on any atom is 0.472 e. The number of ether oxygens (including phenoxy) is 2. The quantitative estimate of drug-likeness (QED) is 0.0230. The molecule has 12 heteroatoms. The van der Waals surface area contributed by atoms with E-state index >= 15 is 0 Å². The fourth-order valence-electron chi connectivity index (χ4n) is 6.75. The Bertz CT molecular complexity index is 1310. The molecule has 1 unspecified atom stereocenters. The van der Waals surface area contributed by atoms with Gasteiger partial charge in [0.2, 0.25) is 0 Å². The molecule has 0 spiro atoms. The fraction of sp³-hybridized carbons (Fsp3) is 0.750. The number of esters is 2. The van der Waals surface area contributed by atoms with E-state index in [1.165, 1.54) is 122 Å². The highest BCUT2D eigenvalue weighted by Gasteiger charge is 2.28. The van der Waals surface area contributed by atoms with Gasteiger partial charge in [-0.3, -0.25) is 23.4 Å². The zero-order valence-electron chi connectivity index (χ0n) is 40.4. The van der Waals surface area contributed by atoms with Crippen LogP contribution in [0.1, 0.15) is 219 Å². The molecule has 4 N–H and O–H groups in total. The second-order valence-electron chi connectivity index (χ2n) is 16.9. The molecule has 0 saturated heterocycles. The lowest BCUT2D eigenvalue weighted by atomic mass is 10.0. The average Bonchev–Trinajstić information content (AvgIpc) is 3.27. The number of carboxylic acids is 1. The Morgan fingerprint density at radius 2 is 0.828 bits per heavy atom. The summed E-state index contributed by atoms with van der Waals surface area (Å²) in [6.45, 7) is 2.76. The molecule has 11 nitrogen and oxygen atoms in total. The van der Waals surface area contributed by atoms with Crippen LogP contribution in [-0.2, 0) is 37.5 Å². The average molecular weight is 922 g/mol. The molecule has 0 aliphatic heterocycles. The molecule has 64 heavy (non-hydrogen) atoms. The number of carbonyl (C=O) groups is 3. The molecular weight excluding hydrogens is 830 g/mol. The Morgan fingerprint density at radius 1 is 0.484 bits per heavy atom. The number of unbranched alkanes of at least 4 members (excludes halogenated alkanes) is 23. The van der Waals surface area contributed by atoms with Gasteiger partial charge in [-0.05, 0) is 83.5 Å². The van der Waals surface area contributed by atoms with Crippen LogP contribution < -0.4 is 5.73 Å². The highest BCUT2D eigenvalue weighted by molar-refractivity contribution is 7.47. The van der Waals surface area contributed by atoms with Gasteiger partial charge in [-0.1, -0.05) is 184 Å². The molecule has 0 rings (SSSR count). The fourth-order valence-corrected chi connectivity index (χ4v) is 7.53. The Morgan fingerprint density at radius 3 is 1.30 bits per heavy atom. The zero-order chi connectivity index (χ0) is 47.0. The zero-order valence-corrected chi connectivity index (χ0v) is 41.3. The molecule has 0 aromatic heterocycles. The minimum absolute atomic E-state index is 0.122. The summed E-state index contributed by atoms with van der Waals surface area (Å²) in [7, 11) is -4.73. The third-order valence-electron chi connectivity index (χ3n) is 10.7. The van der Waals surface area contributed by atoms with Gasteiger partial charge in [0.05, 0.1) is 13.2 Å². The first-order chi connectivity index (χ1) is 31.1. The van der Waals surface area contributed by atoms with E-state index < -0.39 is 51.1 Å². The standard InChI is InChI=1S/C52H92NO10P/c1-3-5-7-9-11-13-15-17-19-21-23-24-26-27-29-31-33-35-37-39-41-43-50(54)60-45-48(46-61-64(58,59)62-47-49(53)52(56)57)63-51(55)44-42-40-38-36-34-32-30-28-25-22-20-18-16-14-12-10-8-6-4-2/h12,14,17-20,25,28,32,34,48-49H,3-11,13,15-16,21-24,26-27,29-31,33,35-47,53H2,1-2H3,(H,56,57)(H,58,59)/b14-12+,19-17+,20-18+,28-25+,34-32+/t48-,49+/m1/s1. The molecule has 3 atom stereocenters. The van der Waals surface area contributed by atoms with E-state index in [4.69, 9.17) is 24.8 Å². The van der Waals surface area contributed by atoms with E-state index in [2.05, 4.69) is 79.1 Å². The number of hydrogen-bond acceptors (Lipinski definition) is 9. The normalized spacial score (nSPS) is 14.1. The summed E-state index contributed by atoms with van der Waals surface area (Å²) in [6, 6.07) is -1.53. The number of rotatable bonds is 47. The van der Waals surface area contributed by atoms with E-state index in [-0.39, 0.29) is 19.4 Å². The molecule has 0 aromatic rings. The summed E-state index contributed by atoms with van der Waals surface area (Å²) in [4.78, 5) is 46.2. The molecular formula is C52H92NO10P. The van der Waals surface area contributed by atoms with E-state index in [9.17, 15) is 23.8 Å². The maximum atomic E-state index is 12.7. The molecule has 0 aromatic carbocycles. The largest absolute Gasteiger partial charge is 0.480 e. The van der Waals surface area contributed by atoms with E-state index in [0.717, 1.165) is 57.8 Å². The monoisotopic (exact) mass is 922 g/mol. The number of allylic oxidation sites excluding steroid dienone is 10. The van der Waals surface area contributed by atoms with Crippen molar-refractivity contribution in [2.45, 2.75) is 231 Å². The molecule has 0 saturated carbocycles. The van der Waals surface area contributed by atoms with Crippen molar-refractivity contribution in [2.75, 3.05) is 19.8 Å². The molecule has 0 fully saturated rings. The summed E-state index contributed by atoms with van der Waals surface area (Å²) in [5, 5.41) is 8.92. The first-order valence-corrected chi connectivity index (χ1v) is 26.8. The molecule has 0 bridgehead atoms. The number of hydrogen-bond donors (Lipinski definition) is 3. The third kappa shape index (κ3) is 45.7. The second-order valence-corrected chi connectivity index (χ2v) is 18.4. The van der Waals surface area contributed by atoms with Crippen LogP contribution in [-0.4, -0.2) is 59.9 Å². The van der Waals surface area contributed by atoms with Crippen LogP contribution >= 0.6 is 7.82 Å². The second kappa shape index (κ2) is 46.7. The van der Waals surface area contributed by atoms with Gasteiger partial charge in [-0.2, -0.15) is 0 Å². The molecule has 0 aliphatic carbocycles. The Labute approximate surface area is 389 Å². The van der Waals surface area contributed by atoms with Gasteiger partial charge in [-0.25, -0.2) is 4.57 Å². The van der Waals surface area contributed by atoms with Crippen LogP contribution in [0.5, 0.6) is 0 Å². The van der Waals surface area contributed by atoms with Crippen molar-refractivity contribution in [1.29, 1.82) is 0 Å². The first kappa shape index (κ1) is 61.2. The number of carbonyl (C=O) groups excluding carboxylic acids is 2. The molecule has 370 valence electrons. The van der Waals surface area contributed by atoms with E-state index in [1.807, 2.05) is 0 Å². The highest BCUT2D eigenvalue weighted by atomic mass is 31.2. The van der Waals surface area contributed by atoms with Crippen molar-refractivity contribution in [3.8, 4) is 0 Å². The number of nitrogens with two attached hydrogens (primary N) is 1. The maximum absolute atomic E-state index is 12.7. The summed E-state index contributed by atoms with van der Waals surface area (Å²) >= 11 is 0. The van der Waals surface area contributed by atoms with Gasteiger partial charge < -0.3 is 25.2 Å². The van der Waals surface area contributed by atoms with Crippen molar-refractivity contribution in [2.24, 2.45) is 5.73 Å². The van der Waals surface area contributed by atoms with Gasteiger partial charge in [0, 0.05) is 12.8 Å². The Kier molecular flexibility index (Phi) is 44.6. The van der Waals surface area contributed by atoms with Gasteiger partial charge in [0.1, 0.15) is 12.6 Å². The Hall–Kier alpha value is -2.82. The first-order valence-electron chi connectivity index (χ1n) is 25.3. The summed E-state index contributed by atoms with van der Waals surface area (Å²) in [5.74, 6) is -2.42. The van der Waals surface area contributed by atoms with E-state index in [0.29, 0.717) is 12.8 Å². The van der Waals surface area contributed by atoms with Gasteiger partial charge in [0.25, 0.3) is 0 Å². The van der Waals surface area contributed by atoms with E-state index in [1.54, 1.807) is 0 Å². The summed E-state index contributed by atoms with van der Waals surface area (Å²) in [6.07, 6.45) is 55.7. The van der Waals surface area contributed by atoms with Crippen molar-refractivity contribution >= 4 is 25.7 Å². The lowest BCUT2D eigenvalue weighted by molar-refractivity contribution is -0.161. The number of carboxylic acid groups (broad SMARTS) is 1. The lowest BCUT2D eigenvalue weighted by Crippen LogP contribution is -2.34. The van der Waals surface area contributed by atoms with Crippen LogP contribution in [0, 0.1) is 0 Å². The van der Waals surface area contributed by atoms with Crippen LogP contribution in [0.3, 0.4) is 0 Å². The number of phosphoric ester groups is 1. The van der Waals surface area contributed by atoms with Crippen LogP contribution in [0.15, 0.2) is 60.8 Å². The molecule has 0 heterocycles. The number of phosphoric acid groups is 1. The molecule has 0 radical (unpaired) electrons. The predicted octanol–water partition coefficient (Wildman–Crippen LogP) is 14.3. The third-order valence-corrected chi connectivity index (χ3v) is 11.7. The van der Waals surface area contributed by atoms with Gasteiger partial charge in [-0.15, -0.1) is 0 Å². The Balaban J connectivity index is 4.31. The summed E-state index contributed by atoms with van der Waals surface area (Å²) < 4.78 is 32.8. The molecule has 0 amide bonds.